The van der Waals surface area contributed by atoms with Crippen LogP contribution in [0.1, 0.15) is 36.0 Å². The van der Waals surface area contributed by atoms with E-state index in [-0.39, 0.29) is 23.4 Å². The van der Waals surface area contributed by atoms with Gasteiger partial charge in [0.25, 0.3) is 5.91 Å². The summed E-state index contributed by atoms with van der Waals surface area (Å²) < 4.78 is 4.97. The lowest BCUT2D eigenvalue weighted by Gasteiger charge is -2.26. The molecule has 2 rings (SSSR count). The maximum atomic E-state index is 12.2. The van der Waals surface area contributed by atoms with Gasteiger partial charge in [-0.15, -0.1) is 0 Å². The number of ether oxygens (including phenoxy) is 1. The summed E-state index contributed by atoms with van der Waals surface area (Å²) in [6.45, 7) is 0. The van der Waals surface area contributed by atoms with Gasteiger partial charge >= 0.3 is 5.69 Å². The highest BCUT2D eigenvalue weighted by atomic mass is 79.9. The van der Waals surface area contributed by atoms with Crippen molar-refractivity contribution in [3.8, 4) is 5.75 Å². The van der Waals surface area contributed by atoms with Crippen molar-refractivity contribution in [3.63, 3.8) is 0 Å². The van der Waals surface area contributed by atoms with Crippen molar-refractivity contribution in [2.75, 3.05) is 7.11 Å². The molecule has 0 unspecified atom stereocenters. The molecule has 1 aromatic carbocycles. The van der Waals surface area contributed by atoms with Crippen LogP contribution in [0.2, 0.25) is 0 Å². The van der Waals surface area contributed by atoms with Gasteiger partial charge in [-0.1, -0.05) is 15.9 Å². The number of nitrogens with one attached hydrogen (secondary N) is 1. The Hall–Kier alpha value is -1.63. The number of benzene rings is 1. The molecule has 114 valence electrons. The fourth-order valence-electron chi connectivity index (χ4n) is 2.44. The minimum atomic E-state index is -0.530. The number of carbonyl (C=O) groups is 1. The zero-order valence-electron chi connectivity index (χ0n) is 11.7. The molecule has 1 amide bonds. The van der Waals surface area contributed by atoms with Crippen molar-refractivity contribution in [1.29, 1.82) is 0 Å². The molecule has 0 saturated heterocycles. The Morgan fingerprint density at radius 2 is 2.05 bits per heavy atom. The molecule has 1 saturated carbocycles. The van der Waals surface area contributed by atoms with Crippen molar-refractivity contribution >= 4 is 27.5 Å². The molecule has 0 spiro atoms. The summed E-state index contributed by atoms with van der Waals surface area (Å²) in [7, 11) is 1.35. The molecule has 1 aliphatic rings. The lowest BCUT2D eigenvalue weighted by atomic mass is 9.95. The highest BCUT2D eigenvalue weighted by Crippen LogP contribution is 2.28. The van der Waals surface area contributed by atoms with Gasteiger partial charge in [0, 0.05) is 28.6 Å². The molecule has 1 aliphatic carbocycles. The van der Waals surface area contributed by atoms with Gasteiger partial charge in [0.2, 0.25) is 0 Å². The second kappa shape index (κ2) is 6.89. The highest BCUT2D eigenvalue weighted by molar-refractivity contribution is 9.09. The van der Waals surface area contributed by atoms with E-state index in [1.165, 1.54) is 25.3 Å². The van der Waals surface area contributed by atoms with Crippen LogP contribution in [0.3, 0.4) is 0 Å². The Morgan fingerprint density at radius 3 is 2.62 bits per heavy atom. The monoisotopic (exact) mass is 356 g/mol. The van der Waals surface area contributed by atoms with Crippen LogP contribution in [-0.4, -0.2) is 28.8 Å². The quantitative estimate of drug-likeness (QED) is 0.510. The Morgan fingerprint density at radius 1 is 1.38 bits per heavy atom. The van der Waals surface area contributed by atoms with Crippen molar-refractivity contribution in [2.24, 2.45) is 0 Å². The Balaban J connectivity index is 2.07. The van der Waals surface area contributed by atoms with E-state index in [1.807, 2.05) is 0 Å². The number of nitro groups is 1. The van der Waals surface area contributed by atoms with Crippen molar-refractivity contribution in [1.82, 2.24) is 5.32 Å². The van der Waals surface area contributed by atoms with Gasteiger partial charge in [0.15, 0.2) is 5.75 Å². The number of hydrogen-bond donors (Lipinski definition) is 1. The smallest absolute Gasteiger partial charge is 0.310 e. The van der Waals surface area contributed by atoms with E-state index in [2.05, 4.69) is 21.2 Å². The third-order valence-corrected chi connectivity index (χ3v) is 4.55. The first-order chi connectivity index (χ1) is 10.0. The van der Waals surface area contributed by atoms with Crippen LogP contribution >= 0.6 is 15.9 Å². The number of hydrogen-bond acceptors (Lipinski definition) is 4. The number of nitrogens with zero attached hydrogens (tertiary/aromatic N) is 1. The van der Waals surface area contributed by atoms with Gasteiger partial charge in [-0.3, -0.25) is 14.9 Å². The van der Waals surface area contributed by atoms with Gasteiger partial charge in [-0.2, -0.15) is 0 Å². The maximum absolute atomic E-state index is 12.2. The van der Waals surface area contributed by atoms with Gasteiger partial charge in [0.05, 0.1) is 12.0 Å². The minimum absolute atomic E-state index is 0.0943. The molecule has 1 aromatic rings. The van der Waals surface area contributed by atoms with E-state index in [0.29, 0.717) is 10.4 Å². The summed E-state index contributed by atoms with van der Waals surface area (Å²) >= 11 is 3.57. The molecule has 0 aliphatic heterocycles. The van der Waals surface area contributed by atoms with Crippen molar-refractivity contribution in [3.05, 3.63) is 33.9 Å². The number of amides is 1. The van der Waals surface area contributed by atoms with Crippen molar-refractivity contribution < 1.29 is 14.5 Å². The molecule has 0 bridgehead atoms. The van der Waals surface area contributed by atoms with Crippen LogP contribution in [0, 0.1) is 10.1 Å². The minimum Gasteiger partial charge on any atom is -0.490 e. The Kier molecular flexibility index (Phi) is 5.17. The van der Waals surface area contributed by atoms with Gasteiger partial charge in [-0.25, -0.2) is 0 Å². The lowest BCUT2D eigenvalue weighted by molar-refractivity contribution is -0.385. The molecule has 0 heterocycles. The van der Waals surface area contributed by atoms with Crippen molar-refractivity contribution in [2.45, 2.75) is 36.6 Å². The summed E-state index contributed by atoms with van der Waals surface area (Å²) in [5.41, 5.74) is 0.229. The first-order valence-electron chi connectivity index (χ1n) is 6.78. The number of rotatable bonds is 4. The van der Waals surface area contributed by atoms with Crippen LogP contribution in [0.5, 0.6) is 5.75 Å². The molecular weight excluding hydrogens is 340 g/mol. The van der Waals surface area contributed by atoms with Crippen LogP contribution in [0.15, 0.2) is 18.2 Å². The van der Waals surface area contributed by atoms with Gasteiger partial charge in [0.1, 0.15) is 0 Å². The first-order valence-corrected chi connectivity index (χ1v) is 7.70. The standard InChI is InChI=1S/C14H17BrN2O4/c1-21-13-8-9(2-7-12(13)17(19)20)14(18)16-11-5-3-10(15)4-6-11/h2,7-8,10-11H,3-6H2,1H3,(H,16,18). The topological polar surface area (TPSA) is 81.5 Å². The average Bonchev–Trinajstić information content (AvgIpc) is 2.48. The third kappa shape index (κ3) is 3.93. The molecule has 6 nitrogen and oxygen atoms in total. The summed E-state index contributed by atoms with van der Waals surface area (Å²) in [5.74, 6) is -0.127. The first kappa shape index (κ1) is 15.8. The molecular formula is C14H17BrN2O4. The van der Waals surface area contributed by atoms with Crippen LogP contribution in [0.25, 0.3) is 0 Å². The summed E-state index contributed by atoms with van der Waals surface area (Å²) in [6, 6.07) is 4.31. The number of methoxy groups -OCH3 is 1. The van der Waals surface area contributed by atoms with E-state index in [1.54, 1.807) is 0 Å². The largest absolute Gasteiger partial charge is 0.490 e. The maximum Gasteiger partial charge on any atom is 0.310 e. The predicted molar refractivity (Wildman–Crippen MR) is 82.1 cm³/mol. The molecule has 21 heavy (non-hydrogen) atoms. The third-order valence-electron chi connectivity index (χ3n) is 3.63. The molecule has 0 atom stereocenters. The zero-order valence-corrected chi connectivity index (χ0v) is 13.3. The SMILES string of the molecule is COc1cc(C(=O)NC2CCC(Br)CC2)ccc1[N+](=O)[O-]. The van der Waals surface area contributed by atoms with Crippen LogP contribution in [0.4, 0.5) is 5.69 Å². The molecule has 1 fully saturated rings. The summed E-state index contributed by atoms with van der Waals surface area (Å²) in [6.07, 6.45) is 3.95. The fraction of sp³-hybridized carbons (Fsp3) is 0.500. The highest BCUT2D eigenvalue weighted by Gasteiger charge is 2.22. The van der Waals surface area contributed by atoms with E-state index >= 15 is 0 Å². The van der Waals surface area contributed by atoms with Gasteiger partial charge < -0.3 is 10.1 Å². The fourth-order valence-corrected chi connectivity index (χ4v) is 2.96. The molecule has 1 N–H and O–H groups in total. The number of carbonyl (C=O) groups excluding carboxylic acids is 1. The lowest BCUT2D eigenvalue weighted by Crippen LogP contribution is -2.37. The van der Waals surface area contributed by atoms with E-state index in [9.17, 15) is 14.9 Å². The Bertz CT molecular complexity index is 542. The van der Waals surface area contributed by atoms with Crippen LogP contribution in [-0.2, 0) is 0 Å². The summed E-state index contributed by atoms with van der Waals surface area (Å²) in [5, 5.41) is 13.8. The molecule has 0 radical (unpaired) electrons. The Labute approximate surface area is 131 Å². The van der Waals surface area contributed by atoms with E-state index in [0.717, 1.165) is 25.7 Å². The normalized spacial score (nSPS) is 21.6. The number of nitro benzene ring substituents is 1. The number of halogens is 1. The van der Waals surface area contributed by atoms with E-state index in [4.69, 9.17) is 4.74 Å². The zero-order chi connectivity index (χ0) is 15.4. The second-order valence-corrected chi connectivity index (χ2v) is 6.36. The van der Waals surface area contributed by atoms with Crippen LogP contribution < -0.4 is 10.1 Å². The van der Waals surface area contributed by atoms with Gasteiger partial charge in [-0.05, 0) is 31.7 Å². The second-order valence-electron chi connectivity index (χ2n) is 5.07. The molecule has 0 aromatic heterocycles. The predicted octanol–water partition coefficient (Wildman–Crippen LogP) is 3.04. The molecule has 7 heteroatoms. The summed E-state index contributed by atoms with van der Waals surface area (Å²) in [4.78, 5) is 23.0. The van der Waals surface area contributed by atoms with E-state index < -0.39 is 4.92 Å². The average molecular weight is 357 g/mol. The number of alkyl halides is 1.